The Morgan fingerprint density at radius 2 is 1.93 bits per heavy atom. The Balaban J connectivity index is 1.58. The minimum Gasteiger partial charge on any atom is -0.457 e. The highest BCUT2D eigenvalue weighted by molar-refractivity contribution is 5.94. The number of rotatable bonds is 4. The van der Waals surface area contributed by atoms with Crippen molar-refractivity contribution in [1.82, 2.24) is 25.2 Å². The van der Waals surface area contributed by atoms with Crippen LogP contribution in [0.25, 0.3) is 10.9 Å². The average Bonchev–Trinajstić information content (AvgIpc) is 3.25. The predicted octanol–water partition coefficient (Wildman–Crippen LogP) is 3.25. The fraction of sp³-hybridized carbons (Fsp3) is 0.136. The van der Waals surface area contributed by atoms with Gasteiger partial charge in [-0.2, -0.15) is 4.68 Å². The number of esters is 1. The quantitative estimate of drug-likeness (QED) is 0.527. The molecule has 1 unspecified atom stereocenters. The van der Waals surface area contributed by atoms with Crippen molar-refractivity contribution in [3.05, 3.63) is 89.3 Å². The minimum atomic E-state index is -0.557. The highest BCUT2D eigenvalue weighted by Crippen LogP contribution is 2.37. The van der Waals surface area contributed by atoms with Gasteiger partial charge in [-0.05, 0) is 29.0 Å². The van der Waals surface area contributed by atoms with E-state index in [2.05, 4.69) is 25.8 Å². The van der Waals surface area contributed by atoms with Crippen molar-refractivity contribution in [2.45, 2.75) is 19.6 Å². The lowest BCUT2D eigenvalue weighted by Crippen LogP contribution is -2.30. The molecular formula is C22H18N6O2. The van der Waals surface area contributed by atoms with Gasteiger partial charge in [-0.3, -0.25) is 4.98 Å². The van der Waals surface area contributed by atoms with E-state index in [4.69, 9.17) is 4.74 Å². The van der Waals surface area contributed by atoms with Crippen LogP contribution in [0.1, 0.15) is 24.1 Å². The number of hydrogen-bond acceptors (Lipinski definition) is 7. The van der Waals surface area contributed by atoms with Gasteiger partial charge < -0.3 is 10.1 Å². The third kappa shape index (κ3) is 3.08. The number of para-hydroxylation sites is 1. The Hall–Kier alpha value is -4.07. The molecule has 0 saturated carbocycles. The number of nitrogens with one attached hydrogen (secondary N) is 1. The molecule has 0 amide bonds. The maximum Gasteiger partial charge on any atom is 0.338 e. The lowest BCUT2D eigenvalue weighted by molar-refractivity contribution is -0.140. The Labute approximate surface area is 172 Å². The standard InChI is InChI=1S/C22H18N6O2/c1-14-18(21(29)30-13-15-7-3-2-4-8-15)20(28-22(24-14)25-26-27-28)17-11-5-9-16-10-6-12-23-19(16)17/h2-12,20H,13H2,1H3,(H,24,25,27). The van der Waals surface area contributed by atoms with Crippen LogP contribution in [-0.4, -0.2) is 31.2 Å². The molecule has 0 spiro atoms. The fourth-order valence-corrected chi connectivity index (χ4v) is 3.71. The SMILES string of the molecule is CC1=C(C(=O)OCc2ccccc2)C(c2cccc3cccnc23)n2nnnc2N1. The van der Waals surface area contributed by atoms with Crippen LogP contribution in [0.5, 0.6) is 0 Å². The number of hydrogen-bond donors (Lipinski definition) is 1. The molecule has 1 atom stereocenters. The lowest BCUT2D eigenvalue weighted by atomic mass is 9.94. The number of carbonyl (C=O) groups is 1. The van der Waals surface area contributed by atoms with Crippen molar-refractivity contribution in [1.29, 1.82) is 0 Å². The highest BCUT2D eigenvalue weighted by Gasteiger charge is 2.36. The second kappa shape index (κ2) is 7.40. The van der Waals surface area contributed by atoms with E-state index in [1.165, 1.54) is 0 Å². The maximum atomic E-state index is 13.2. The van der Waals surface area contributed by atoms with Crippen LogP contribution in [0.3, 0.4) is 0 Å². The number of pyridine rings is 1. The van der Waals surface area contributed by atoms with Gasteiger partial charge in [0, 0.05) is 22.8 Å². The molecule has 1 aliphatic heterocycles. The third-order valence-corrected chi connectivity index (χ3v) is 5.11. The van der Waals surface area contributed by atoms with Crippen molar-refractivity contribution in [3.63, 3.8) is 0 Å². The lowest BCUT2D eigenvalue weighted by Gasteiger charge is -2.27. The first-order valence-electron chi connectivity index (χ1n) is 9.53. The first-order chi connectivity index (χ1) is 14.7. The zero-order valence-corrected chi connectivity index (χ0v) is 16.2. The van der Waals surface area contributed by atoms with Gasteiger partial charge >= 0.3 is 5.97 Å². The topological polar surface area (TPSA) is 94.8 Å². The summed E-state index contributed by atoms with van der Waals surface area (Å²) in [6.45, 7) is 2.00. The van der Waals surface area contributed by atoms with Crippen LogP contribution in [0, 0.1) is 0 Å². The Bertz CT molecular complexity index is 1260. The molecule has 8 nitrogen and oxygen atoms in total. The molecular weight excluding hydrogens is 380 g/mol. The van der Waals surface area contributed by atoms with E-state index < -0.39 is 12.0 Å². The number of ether oxygens (including phenoxy) is 1. The van der Waals surface area contributed by atoms with Crippen molar-refractivity contribution in [2.75, 3.05) is 5.32 Å². The van der Waals surface area contributed by atoms with Gasteiger partial charge in [-0.1, -0.05) is 59.7 Å². The second-order valence-corrected chi connectivity index (χ2v) is 7.00. The molecule has 2 aromatic carbocycles. The fourth-order valence-electron chi connectivity index (χ4n) is 3.71. The van der Waals surface area contributed by atoms with Gasteiger partial charge in [0.15, 0.2) is 0 Å². The second-order valence-electron chi connectivity index (χ2n) is 7.00. The number of anilines is 1. The number of nitrogens with zero attached hydrogens (tertiary/aromatic N) is 5. The smallest absolute Gasteiger partial charge is 0.338 e. The maximum absolute atomic E-state index is 13.2. The molecule has 3 heterocycles. The Kier molecular flexibility index (Phi) is 4.44. The van der Waals surface area contributed by atoms with Gasteiger partial charge in [-0.15, -0.1) is 0 Å². The van der Waals surface area contributed by atoms with Crippen molar-refractivity contribution in [2.24, 2.45) is 0 Å². The van der Waals surface area contributed by atoms with Gasteiger partial charge in [0.2, 0.25) is 5.95 Å². The largest absolute Gasteiger partial charge is 0.457 e. The summed E-state index contributed by atoms with van der Waals surface area (Å²) in [7, 11) is 0. The molecule has 0 aliphatic carbocycles. The molecule has 0 fully saturated rings. The average molecular weight is 398 g/mol. The van der Waals surface area contributed by atoms with Crippen molar-refractivity contribution < 1.29 is 9.53 Å². The number of aromatic nitrogens is 5. The molecule has 2 aromatic heterocycles. The van der Waals surface area contributed by atoms with Gasteiger partial charge in [-0.25, -0.2) is 4.79 Å². The molecule has 148 valence electrons. The van der Waals surface area contributed by atoms with E-state index in [-0.39, 0.29) is 6.61 Å². The summed E-state index contributed by atoms with van der Waals surface area (Å²) in [6, 6.07) is 18.7. The number of carbonyl (C=O) groups excluding carboxylic acids is 1. The van der Waals surface area contributed by atoms with E-state index >= 15 is 0 Å². The molecule has 8 heteroatoms. The van der Waals surface area contributed by atoms with Gasteiger partial charge in [0.25, 0.3) is 0 Å². The summed E-state index contributed by atoms with van der Waals surface area (Å²) in [6.07, 6.45) is 1.73. The van der Waals surface area contributed by atoms with E-state index in [9.17, 15) is 4.79 Å². The van der Waals surface area contributed by atoms with Gasteiger partial charge in [0.05, 0.1) is 11.1 Å². The predicted molar refractivity (Wildman–Crippen MR) is 110 cm³/mol. The molecule has 0 bridgehead atoms. The molecule has 4 aromatic rings. The number of benzene rings is 2. The molecule has 0 radical (unpaired) electrons. The minimum absolute atomic E-state index is 0.180. The van der Waals surface area contributed by atoms with E-state index in [0.717, 1.165) is 22.0 Å². The van der Waals surface area contributed by atoms with Crippen molar-refractivity contribution in [3.8, 4) is 0 Å². The summed E-state index contributed by atoms with van der Waals surface area (Å²) in [5, 5.41) is 16.0. The molecule has 1 N–H and O–H groups in total. The Morgan fingerprint density at radius 3 is 2.80 bits per heavy atom. The van der Waals surface area contributed by atoms with E-state index in [1.54, 1.807) is 10.9 Å². The van der Waals surface area contributed by atoms with Crippen LogP contribution in [-0.2, 0) is 16.1 Å². The van der Waals surface area contributed by atoms with Crippen molar-refractivity contribution >= 4 is 22.8 Å². The monoisotopic (exact) mass is 398 g/mol. The molecule has 5 rings (SSSR count). The zero-order chi connectivity index (χ0) is 20.5. The molecule has 1 aliphatic rings. The van der Waals surface area contributed by atoms with Crippen LogP contribution in [0.4, 0.5) is 5.95 Å². The van der Waals surface area contributed by atoms with Crippen LogP contribution >= 0.6 is 0 Å². The first kappa shape index (κ1) is 18.0. The third-order valence-electron chi connectivity index (χ3n) is 5.11. The normalized spacial score (nSPS) is 15.6. The number of allylic oxidation sites excluding steroid dienone is 1. The van der Waals surface area contributed by atoms with E-state index in [1.807, 2.05) is 67.6 Å². The summed E-state index contributed by atoms with van der Waals surface area (Å²) in [4.78, 5) is 17.8. The first-order valence-corrected chi connectivity index (χ1v) is 9.53. The summed E-state index contributed by atoms with van der Waals surface area (Å²) in [5.41, 5.74) is 3.63. The van der Waals surface area contributed by atoms with Crippen LogP contribution < -0.4 is 5.32 Å². The molecule has 30 heavy (non-hydrogen) atoms. The highest BCUT2D eigenvalue weighted by atomic mass is 16.5. The summed E-state index contributed by atoms with van der Waals surface area (Å²) in [5.74, 6) is 0.0352. The van der Waals surface area contributed by atoms with Crippen LogP contribution in [0.2, 0.25) is 0 Å². The van der Waals surface area contributed by atoms with Gasteiger partial charge in [0.1, 0.15) is 12.6 Å². The number of fused-ring (bicyclic) bond motifs is 2. The zero-order valence-electron chi connectivity index (χ0n) is 16.2. The summed E-state index contributed by atoms with van der Waals surface area (Å²) >= 11 is 0. The Morgan fingerprint density at radius 1 is 1.10 bits per heavy atom. The molecule has 0 saturated heterocycles. The van der Waals surface area contributed by atoms with Crippen LogP contribution in [0.15, 0.2) is 78.1 Å². The van der Waals surface area contributed by atoms with E-state index in [0.29, 0.717) is 17.2 Å². The number of tetrazole rings is 1. The summed E-state index contributed by atoms with van der Waals surface area (Å²) < 4.78 is 7.25.